The van der Waals surface area contributed by atoms with Crippen LogP contribution >= 0.6 is 24.0 Å². The molecule has 1 N–H and O–H groups in total. The zero-order chi connectivity index (χ0) is 13.9. The first-order valence-corrected chi connectivity index (χ1v) is 6.64. The molecule has 21 heavy (non-hydrogen) atoms. The Labute approximate surface area is 134 Å². The summed E-state index contributed by atoms with van der Waals surface area (Å²) < 4.78 is 1.91. The third kappa shape index (κ3) is 3.27. The molecule has 5 heteroatoms. The lowest BCUT2D eigenvalue weighted by Crippen LogP contribution is -2.01. The van der Waals surface area contributed by atoms with Crippen LogP contribution in [0.4, 0.5) is 0 Å². The average molecular weight is 321 g/mol. The molecule has 0 spiro atoms. The van der Waals surface area contributed by atoms with Crippen LogP contribution in [0.1, 0.15) is 17.2 Å². The van der Waals surface area contributed by atoms with E-state index in [2.05, 4.69) is 4.98 Å². The van der Waals surface area contributed by atoms with Crippen molar-refractivity contribution in [3.63, 3.8) is 0 Å². The Morgan fingerprint density at radius 2 is 1.76 bits per heavy atom. The molecule has 3 nitrogen and oxygen atoms in total. The van der Waals surface area contributed by atoms with Crippen molar-refractivity contribution < 1.29 is 5.11 Å². The zero-order valence-electron chi connectivity index (χ0n) is 11.1. The summed E-state index contributed by atoms with van der Waals surface area (Å²) >= 11 is 6.11. The number of hydrogen-bond acceptors (Lipinski definition) is 2. The lowest BCUT2D eigenvalue weighted by molar-refractivity contribution is 0.220. The molecule has 0 saturated carbocycles. The third-order valence-corrected chi connectivity index (χ3v) is 3.56. The van der Waals surface area contributed by atoms with Gasteiger partial charge in [-0.2, -0.15) is 0 Å². The second-order valence-corrected chi connectivity index (χ2v) is 4.89. The minimum Gasteiger partial charge on any atom is -0.384 e. The fourth-order valence-electron chi connectivity index (χ4n) is 2.12. The number of hydrogen-bond donors (Lipinski definition) is 1. The number of aromatic nitrogens is 2. The van der Waals surface area contributed by atoms with Crippen LogP contribution in [0, 0.1) is 0 Å². The molecule has 1 atom stereocenters. The molecule has 0 fully saturated rings. The second-order valence-electron chi connectivity index (χ2n) is 4.49. The van der Waals surface area contributed by atoms with Crippen LogP contribution in [-0.2, 0) is 0 Å². The molecule has 0 aliphatic heterocycles. The van der Waals surface area contributed by atoms with E-state index in [1.807, 2.05) is 53.2 Å². The Balaban J connectivity index is 0.00000161. The monoisotopic (exact) mass is 320 g/mol. The standard InChI is InChI=1S/C16H13ClN2O.ClH/c17-15-4-2-1-3-14(15)16(20)12-5-7-13(8-6-12)19-10-9-18-11-19;/h1-11,16,20H;1H. The van der Waals surface area contributed by atoms with Gasteiger partial charge in [0.2, 0.25) is 0 Å². The molecule has 1 unspecified atom stereocenters. The van der Waals surface area contributed by atoms with Crippen LogP contribution in [0.2, 0.25) is 5.02 Å². The Morgan fingerprint density at radius 1 is 1.05 bits per heavy atom. The molecular weight excluding hydrogens is 307 g/mol. The molecule has 0 aliphatic carbocycles. The van der Waals surface area contributed by atoms with Gasteiger partial charge in [0, 0.05) is 28.7 Å². The topological polar surface area (TPSA) is 38.0 Å². The van der Waals surface area contributed by atoms with Gasteiger partial charge in [0.05, 0.1) is 6.33 Å². The van der Waals surface area contributed by atoms with Gasteiger partial charge < -0.3 is 9.67 Å². The Bertz CT molecular complexity index is 697. The average Bonchev–Trinajstić information content (AvgIpc) is 3.01. The number of aliphatic hydroxyl groups is 1. The van der Waals surface area contributed by atoms with Crippen molar-refractivity contribution >= 4 is 24.0 Å². The van der Waals surface area contributed by atoms with E-state index in [-0.39, 0.29) is 12.4 Å². The molecule has 0 bridgehead atoms. The summed E-state index contributed by atoms with van der Waals surface area (Å²) in [6.45, 7) is 0. The van der Waals surface area contributed by atoms with Crippen molar-refractivity contribution in [3.05, 3.63) is 83.4 Å². The summed E-state index contributed by atoms with van der Waals surface area (Å²) in [6.07, 6.45) is 4.62. The molecule has 0 amide bonds. The molecule has 0 aliphatic rings. The van der Waals surface area contributed by atoms with Gasteiger partial charge in [-0.1, -0.05) is 41.9 Å². The van der Waals surface area contributed by atoms with Gasteiger partial charge in [-0.15, -0.1) is 12.4 Å². The zero-order valence-corrected chi connectivity index (χ0v) is 12.6. The van der Waals surface area contributed by atoms with Crippen LogP contribution in [0.25, 0.3) is 5.69 Å². The lowest BCUT2D eigenvalue weighted by Gasteiger charge is -2.13. The number of benzene rings is 2. The molecular formula is C16H14Cl2N2O. The third-order valence-electron chi connectivity index (χ3n) is 3.21. The fraction of sp³-hybridized carbons (Fsp3) is 0.0625. The minimum absolute atomic E-state index is 0. The predicted octanol–water partition coefficient (Wildman–Crippen LogP) is 4.03. The maximum Gasteiger partial charge on any atom is 0.105 e. The van der Waals surface area contributed by atoms with Crippen LogP contribution < -0.4 is 0 Å². The summed E-state index contributed by atoms with van der Waals surface area (Å²) in [6, 6.07) is 15.0. The molecule has 0 radical (unpaired) electrons. The Hall–Kier alpha value is -1.81. The van der Waals surface area contributed by atoms with Gasteiger partial charge in [0.25, 0.3) is 0 Å². The Morgan fingerprint density at radius 3 is 2.38 bits per heavy atom. The summed E-state index contributed by atoms with van der Waals surface area (Å²) in [4.78, 5) is 4.01. The molecule has 108 valence electrons. The van der Waals surface area contributed by atoms with E-state index < -0.39 is 6.10 Å². The molecule has 1 aromatic heterocycles. The largest absolute Gasteiger partial charge is 0.384 e. The first-order chi connectivity index (χ1) is 9.75. The molecule has 3 aromatic rings. The highest BCUT2D eigenvalue weighted by molar-refractivity contribution is 6.31. The highest BCUT2D eigenvalue weighted by Gasteiger charge is 2.13. The van der Waals surface area contributed by atoms with E-state index >= 15 is 0 Å². The first-order valence-electron chi connectivity index (χ1n) is 6.26. The van der Waals surface area contributed by atoms with E-state index in [0.29, 0.717) is 10.6 Å². The number of imidazole rings is 1. The number of halogens is 2. The van der Waals surface area contributed by atoms with E-state index in [1.54, 1.807) is 18.6 Å². The van der Waals surface area contributed by atoms with E-state index in [1.165, 1.54) is 0 Å². The SMILES string of the molecule is Cl.OC(c1ccc(-n2ccnc2)cc1)c1ccccc1Cl. The van der Waals surface area contributed by atoms with Crippen molar-refractivity contribution in [1.29, 1.82) is 0 Å². The van der Waals surface area contributed by atoms with E-state index in [0.717, 1.165) is 11.3 Å². The van der Waals surface area contributed by atoms with Crippen molar-refractivity contribution in [1.82, 2.24) is 9.55 Å². The molecule has 2 aromatic carbocycles. The number of rotatable bonds is 3. The fourth-order valence-corrected chi connectivity index (χ4v) is 2.36. The van der Waals surface area contributed by atoms with Crippen LogP contribution in [0.3, 0.4) is 0 Å². The van der Waals surface area contributed by atoms with E-state index in [4.69, 9.17) is 11.6 Å². The maximum atomic E-state index is 10.4. The quantitative estimate of drug-likeness (QED) is 0.791. The van der Waals surface area contributed by atoms with Gasteiger partial charge in [-0.25, -0.2) is 4.98 Å². The van der Waals surface area contributed by atoms with Crippen molar-refractivity contribution in [2.45, 2.75) is 6.10 Å². The smallest absolute Gasteiger partial charge is 0.105 e. The van der Waals surface area contributed by atoms with Crippen molar-refractivity contribution in [2.24, 2.45) is 0 Å². The first kappa shape index (κ1) is 15.6. The second kappa shape index (κ2) is 6.76. The van der Waals surface area contributed by atoms with Crippen molar-refractivity contribution in [2.75, 3.05) is 0 Å². The summed E-state index contributed by atoms with van der Waals surface area (Å²) in [7, 11) is 0. The summed E-state index contributed by atoms with van der Waals surface area (Å²) in [5.41, 5.74) is 2.52. The van der Waals surface area contributed by atoms with Gasteiger partial charge >= 0.3 is 0 Å². The van der Waals surface area contributed by atoms with Gasteiger partial charge in [0.1, 0.15) is 6.10 Å². The van der Waals surface area contributed by atoms with Crippen LogP contribution in [0.15, 0.2) is 67.3 Å². The van der Waals surface area contributed by atoms with Crippen molar-refractivity contribution in [3.8, 4) is 5.69 Å². The van der Waals surface area contributed by atoms with Gasteiger partial charge in [-0.05, 0) is 23.8 Å². The molecule has 1 heterocycles. The van der Waals surface area contributed by atoms with Crippen LogP contribution in [0.5, 0.6) is 0 Å². The van der Waals surface area contributed by atoms with Crippen LogP contribution in [-0.4, -0.2) is 14.7 Å². The normalized spacial score (nSPS) is 11.7. The summed E-state index contributed by atoms with van der Waals surface area (Å²) in [5.74, 6) is 0. The lowest BCUT2D eigenvalue weighted by atomic mass is 10.0. The number of nitrogens with zero attached hydrogens (tertiary/aromatic N) is 2. The minimum atomic E-state index is -0.722. The predicted molar refractivity (Wildman–Crippen MR) is 86.3 cm³/mol. The van der Waals surface area contributed by atoms with Gasteiger partial charge in [0.15, 0.2) is 0 Å². The van der Waals surface area contributed by atoms with Gasteiger partial charge in [-0.3, -0.25) is 0 Å². The molecule has 0 saturated heterocycles. The summed E-state index contributed by atoms with van der Waals surface area (Å²) in [5, 5.41) is 11.0. The Kier molecular flexibility index (Phi) is 5.02. The molecule has 3 rings (SSSR count). The van der Waals surface area contributed by atoms with E-state index in [9.17, 15) is 5.11 Å². The highest BCUT2D eigenvalue weighted by atomic mass is 35.5. The maximum absolute atomic E-state index is 10.4. The number of aliphatic hydroxyl groups excluding tert-OH is 1. The highest BCUT2D eigenvalue weighted by Crippen LogP contribution is 2.28.